The van der Waals surface area contributed by atoms with E-state index in [1.807, 2.05) is 43.3 Å². The third-order valence-corrected chi connectivity index (χ3v) is 5.20. The van der Waals surface area contributed by atoms with Gasteiger partial charge in [-0.3, -0.25) is 0 Å². The first kappa shape index (κ1) is 15.3. The summed E-state index contributed by atoms with van der Waals surface area (Å²) in [6.45, 7) is 2.04. The molecule has 0 spiro atoms. The molecule has 0 radical (unpaired) electrons. The minimum atomic E-state index is 0.474. The Labute approximate surface area is 150 Å². The summed E-state index contributed by atoms with van der Waals surface area (Å²) < 4.78 is 7.57. The summed E-state index contributed by atoms with van der Waals surface area (Å²) in [5.74, 6) is 1.10. The number of nitrogens with zero attached hydrogens (tertiary/aromatic N) is 5. The number of hydrogen-bond donors (Lipinski definition) is 0. The molecule has 2 aromatic carbocycles. The van der Waals surface area contributed by atoms with Gasteiger partial charge in [0.25, 0.3) is 5.89 Å². The Balaban J connectivity index is 1.51. The van der Waals surface area contributed by atoms with Gasteiger partial charge in [0, 0.05) is 11.1 Å². The fraction of sp³-hybridized carbons (Fsp3) is 0.300. The van der Waals surface area contributed by atoms with Crippen molar-refractivity contribution in [3.63, 3.8) is 0 Å². The van der Waals surface area contributed by atoms with E-state index in [0.29, 0.717) is 17.8 Å². The molecule has 1 aliphatic rings. The lowest BCUT2D eigenvalue weighted by Crippen LogP contribution is -2.06. The van der Waals surface area contributed by atoms with E-state index in [4.69, 9.17) is 4.52 Å². The molecule has 5 rings (SSSR count). The number of fused-ring (bicyclic) bond motifs is 1. The summed E-state index contributed by atoms with van der Waals surface area (Å²) in [5, 5.41) is 12.9. The zero-order chi connectivity index (χ0) is 17.5. The topological polar surface area (TPSA) is 69.6 Å². The first-order valence-electron chi connectivity index (χ1n) is 9.04. The van der Waals surface area contributed by atoms with E-state index in [1.54, 1.807) is 0 Å². The number of hydrogen-bond acceptors (Lipinski definition) is 5. The van der Waals surface area contributed by atoms with Crippen LogP contribution in [0.3, 0.4) is 0 Å². The molecule has 0 bridgehead atoms. The van der Waals surface area contributed by atoms with Crippen molar-refractivity contribution in [3.05, 3.63) is 48.0 Å². The second-order valence-electron chi connectivity index (χ2n) is 6.91. The molecule has 130 valence electrons. The minimum absolute atomic E-state index is 0.474. The van der Waals surface area contributed by atoms with Gasteiger partial charge in [-0.2, -0.15) is 4.98 Å². The van der Waals surface area contributed by atoms with Crippen molar-refractivity contribution in [1.29, 1.82) is 0 Å². The molecule has 1 aliphatic carbocycles. The molecule has 2 aromatic heterocycles. The molecule has 0 saturated heterocycles. The Hall–Kier alpha value is -3.02. The lowest BCUT2D eigenvalue weighted by Gasteiger charge is -2.09. The summed E-state index contributed by atoms with van der Waals surface area (Å²) >= 11 is 0. The fourth-order valence-electron chi connectivity index (χ4n) is 3.77. The molecule has 26 heavy (non-hydrogen) atoms. The number of aromatic nitrogens is 5. The van der Waals surface area contributed by atoms with Crippen LogP contribution in [0.5, 0.6) is 0 Å². The Morgan fingerprint density at radius 3 is 2.77 bits per heavy atom. The van der Waals surface area contributed by atoms with E-state index in [1.165, 1.54) is 25.7 Å². The maximum absolute atomic E-state index is 5.50. The highest BCUT2D eigenvalue weighted by atomic mass is 16.5. The Bertz CT molecular complexity index is 1070. The maximum atomic E-state index is 5.50. The summed E-state index contributed by atoms with van der Waals surface area (Å²) in [6, 6.07) is 14.5. The molecule has 4 aromatic rings. The quantitative estimate of drug-likeness (QED) is 0.544. The van der Waals surface area contributed by atoms with Crippen molar-refractivity contribution in [3.8, 4) is 22.8 Å². The van der Waals surface area contributed by atoms with Crippen LogP contribution in [0.2, 0.25) is 0 Å². The zero-order valence-corrected chi connectivity index (χ0v) is 14.6. The van der Waals surface area contributed by atoms with Crippen molar-refractivity contribution in [2.45, 2.75) is 38.6 Å². The number of benzene rings is 2. The molecule has 0 unspecified atom stereocenters. The van der Waals surface area contributed by atoms with E-state index in [9.17, 15) is 0 Å². The lowest BCUT2D eigenvalue weighted by atomic mass is 10.1. The molecule has 1 fully saturated rings. The van der Waals surface area contributed by atoms with Crippen LogP contribution in [0.4, 0.5) is 0 Å². The average Bonchev–Trinajstić information content (AvgIpc) is 3.41. The smallest absolute Gasteiger partial charge is 0.258 e. The highest BCUT2D eigenvalue weighted by Crippen LogP contribution is 2.32. The molecule has 1 saturated carbocycles. The van der Waals surface area contributed by atoms with Gasteiger partial charge in [0.15, 0.2) is 0 Å². The van der Waals surface area contributed by atoms with Gasteiger partial charge in [-0.25, -0.2) is 4.68 Å². The van der Waals surface area contributed by atoms with Crippen LogP contribution in [-0.2, 0) is 0 Å². The largest absolute Gasteiger partial charge is 0.334 e. The second-order valence-corrected chi connectivity index (χ2v) is 6.91. The maximum Gasteiger partial charge on any atom is 0.258 e. The van der Waals surface area contributed by atoms with Crippen LogP contribution >= 0.6 is 0 Å². The van der Waals surface area contributed by atoms with Crippen LogP contribution in [0.25, 0.3) is 33.9 Å². The van der Waals surface area contributed by atoms with Crippen LogP contribution in [0.1, 0.15) is 37.3 Å². The van der Waals surface area contributed by atoms with Crippen LogP contribution in [0, 0.1) is 6.92 Å². The molecular formula is C20H19N5O. The van der Waals surface area contributed by atoms with E-state index in [2.05, 4.69) is 31.2 Å². The fourth-order valence-corrected chi connectivity index (χ4v) is 3.77. The predicted octanol–water partition coefficient (Wildman–Crippen LogP) is 4.57. The van der Waals surface area contributed by atoms with Crippen LogP contribution < -0.4 is 0 Å². The number of rotatable bonds is 3. The van der Waals surface area contributed by atoms with E-state index in [-0.39, 0.29) is 0 Å². The summed E-state index contributed by atoms with van der Waals surface area (Å²) in [6.07, 6.45) is 4.91. The van der Waals surface area contributed by atoms with E-state index in [0.717, 1.165) is 27.7 Å². The van der Waals surface area contributed by atoms with Gasteiger partial charge in [0.1, 0.15) is 5.52 Å². The van der Waals surface area contributed by atoms with Gasteiger partial charge in [-0.1, -0.05) is 47.5 Å². The SMILES string of the molecule is Cc1ccccc1-c1noc(-c2ccc3c(c2)nnn3C2CCCC2)n1. The molecule has 6 nitrogen and oxygen atoms in total. The lowest BCUT2D eigenvalue weighted by molar-refractivity contribution is 0.432. The molecular weight excluding hydrogens is 326 g/mol. The highest BCUT2D eigenvalue weighted by molar-refractivity contribution is 5.80. The van der Waals surface area contributed by atoms with Gasteiger partial charge in [0.2, 0.25) is 5.82 Å². The third kappa shape index (κ3) is 2.49. The van der Waals surface area contributed by atoms with Crippen molar-refractivity contribution in [2.24, 2.45) is 0 Å². The van der Waals surface area contributed by atoms with Gasteiger partial charge < -0.3 is 4.52 Å². The molecule has 0 aliphatic heterocycles. The summed E-state index contributed by atoms with van der Waals surface area (Å²) in [7, 11) is 0. The first-order chi connectivity index (χ1) is 12.8. The molecule has 6 heteroatoms. The third-order valence-electron chi connectivity index (χ3n) is 5.20. The first-order valence-corrected chi connectivity index (χ1v) is 9.04. The highest BCUT2D eigenvalue weighted by Gasteiger charge is 2.21. The van der Waals surface area contributed by atoms with E-state index < -0.39 is 0 Å². The summed E-state index contributed by atoms with van der Waals surface area (Å²) in [5.41, 5.74) is 4.90. The Morgan fingerprint density at radius 2 is 1.92 bits per heavy atom. The van der Waals surface area contributed by atoms with Gasteiger partial charge >= 0.3 is 0 Å². The Morgan fingerprint density at radius 1 is 1.08 bits per heavy atom. The van der Waals surface area contributed by atoms with Gasteiger partial charge in [0.05, 0.1) is 11.6 Å². The molecule has 0 amide bonds. The molecule has 0 N–H and O–H groups in total. The normalized spacial score (nSPS) is 15.1. The standard InChI is InChI=1S/C20H19N5O/c1-13-6-2-5-9-16(13)19-21-20(26-23-19)14-10-11-18-17(12-14)22-24-25(18)15-7-3-4-8-15/h2,5-6,9-12,15H,3-4,7-8H2,1H3. The van der Waals surface area contributed by atoms with E-state index >= 15 is 0 Å². The average molecular weight is 345 g/mol. The Kier molecular flexibility index (Phi) is 3.55. The van der Waals surface area contributed by atoms with Crippen LogP contribution in [-0.4, -0.2) is 25.1 Å². The van der Waals surface area contributed by atoms with Gasteiger partial charge in [-0.05, 0) is 43.5 Å². The van der Waals surface area contributed by atoms with Crippen molar-refractivity contribution >= 4 is 11.0 Å². The van der Waals surface area contributed by atoms with Crippen molar-refractivity contribution < 1.29 is 4.52 Å². The summed E-state index contributed by atoms with van der Waals surface area (Å²) in [4.78, 5) is 4.57. The number of aryl methyl sites for hydroxylation is 1. The monoisotopic (exact) mass is 345 g/mol. The van der Waals surface area contributed by atoms with Crippen molar-refractivity contribution in [1.82, 2.24) is 25.1 Å². The minimum Gasteiger partial charge on any atom is -0.334 e. The predicted molar refractivity (Wildman–Crippen MR) is 98.5 cm³/mol. The second kappa shape index (κ2) is 6.05. The molecule has 0 atom stereocenters. The zero-order valence-electron chi connectivity index (χ0n) is 14.6. The van der Waals surface area contributed by atoms with Gasteiger partial charge in [-0.15, -0.1) is 5.10 Å². The molecule has 2 heterocycles. The van der Waals surface area contributed by atoms with Crippen LogP contribution in [0.15, 0.2) is 47.0 Å². The van der Waals surface area contributed by atoms with Crippen molar-refractivity contribution in [2.75, 3.05) is 0 Å².